The molecule has 6 heteroatoms. The van der Waals surface area contributed by atoms with Crippen LogP contribution in [0.2, 0.25) is 0 Å². The van der Waals surface area contributed by atoms with Gasteiger partial charge in [-0.15, -0.1) is 11.6 Å². The highest BCUT2D eigenvalue weighted by Gasteiger charge is 2.14. The van der Waals surface area contributed by atoms with E-state index in [2.05, 4.69) is 4.72 Å². The van der Waals surface area contributed by atoms with Crippen molar-refractivity contribution >= 4 is 21.6 Å². The summed E-state index contributed by atoms with van der Waals surface area (Å²) in [4.78, 5) is 0. The average Bonchev–Trinajstić information content (AvgIpc) is 2.78. The van der Waals surface area contributed by atoms with E-state index in [0.29, 0.717) is 12.3 Å². The van der Waals surface area contributed by atoms with Gasteiger partial charge in [0.25, 0.3) is 0 Å². The summed E-state index contributed by atoms with van der Waals surface area (Å²) in [7, 11) is -3.18. The third-order valence-corrected chi connectivity index (χ3v) is 4.44. The van der Waals surface area contributed by atoms with Crippen LogP contribution in [0, 0.1) is 0 Å². The van der Waals surface area contributed by atoms with Crippen LogP contribution in [0.1, 0.15) is 31.9 Å². The molecule has 1 rings (SSSR count). The van der Waals surface area contributed by atoms with E-state index in [9.17, 15) is 8.42 Å². The average molecular weight is 294 g/mol. The molecule has 0 amide bonds. The summed E-state index contributed by atoms with van der Waals surface area (Å²) in [5.41, 5.74) is 0. The minimum absolute atomic E-state index is 0.0869. The zero-order valence-electron chi connectivity index (χ0n) is 10.6. The first-order valence-corrected chi connectivity index (χ1v) is 8.30. The molecule has 0 fully saturated rings. The molecule has 0 aliphatic heterocycles. The number of hydrogen-bond donors (Lipinski definition) is 1. The molecule has 0 aromatic carbocycles. The molecule has 4 nitrogen and oxygen atoms in total. The summed E-state index contributed by atoms with van der Waals surface area (Å²) < 4.78 is 31.3. The van der Waals surface area contributed by atoms with Crippen LogP contribution < -0.4 is 4.72 Å². The molecule has 0 spiro atoms. The van der Waals surface area contributed by atoms with Gasteiger partial charge in [-0.1, -0.05) is 0 Å². The van der Waals surface area contributed by atoms with Crippen LogP contribution in [0.25, 0.3) is 0 Å². The molecular formula is C12H20ClNO3S. The van der Waals surface area contributed by atoms with Crippen molar-refractivity contribution in [2.75, 3.05) is 11.6 Å². The topological polar surface area (TPSA) is 59.3 Å². The van der Waals surface area contributed by atoms with Crippen molar-refractivity contribution in [2.24, 2.45) is 0 Å². The van der Waals surface area contributed by atoms with E-state index in [1.54, 1.807) is 6.26 Å². The number of sulfonamides is 1. The summed E-state index contributed by atoms with van der Waals surface area (Å²) in [5, 5.41) is 0. The Kier molecular flexibility index (Phi) is 6.75. The Bertz CT molecular complexity index is 417. The van der Waals surface area contributed by atoms with Crippen molar-refractivity contribution in [3.05, 3.63) is 24.2 Å². The number of hydrogen-bond acceptors (Lipinski definition) is 3. The molecule has 0 aliphatic carbocycles. The Labute approximate surface area is 114 Å². The molecule has 18 heavy (non-hydrogen) atoms. The highest BCUT2D eigenvalue weighted by Crippen LogP contribution is 2.07. The molecule has 104 valence electrons. The summed E-state index contributed by atoms with van der Waals surface area (Å²) in [5.74, 6) is 1.53. The van der Waals surface area contributed by atoms with Gasteiger partial charge in [-0.3, -0.25) is 0 Å². The van der Waals surface area contributed by atoms with E-state index in [1.807, 2.05) is 19.1 Å². The van der Waals surface area contributed by atoms with Gasteiger partial charge in [0, 0.05) is 18.3 Å². The lowest BCUT2D eigenvalue weighted by molar-refractivity contribution is 0.480. The minimum Gasteiger partial charge on any atom is -0.469 e. The van der Waals surface area contributed by atoms with E-state index in [1.165, 1.54) is 0 Å². The quantitative estimate of drug-likeness (QED) is 0.562. The molecule has 0 aliphatic rings. The smallest absolute Gasteiger partial charge is 0.211 e. The summed E-state index contributed by atoms with van der Waals surface area (Å²) in [6, 6.07) is 3.63. The van der Waals surface area contributed by atoms with E-state index < -0.39 is 10.0 Å². The summed E-state index contributed by atoms with van der Waals surface area (Å²) >= 11 is 5.52. The standard InChI is InChI=1S/C12H20ClNO3S/c1-11(6-7-12-5-4-9-17-12)14-18(15,16)10-3-2-8-13/h4-5,9,11,14H,2-3,6-8,10H2,1H3. The Morgan fingerprint density at radius 2 is 2.22 bits per heavy atom. The molecule has 1 aromatic heterocycles. The summed E-state index contributed by atoms with van der Waals surface area (Å²) in [6.45, 7) is 1.86. The first kappa shape index (κ1) is 15.5. The van der Waals surface area contributed by atoms with Gasteiger partial charge in [0.2, 0.25) is 10.0 Å². The van der Waals surface area contributed by atoms with E-state index in [-0.39, 0.29) is 11.8 Å². The van der Waals surface area contributed by atoms with Crippen LogP contribution >= 0.6 is 11.6 Å². The van der Waals surface area contributed by atoms with Gasteiger partial charge in [0.05, 0.1) is 12.0 Å². The molecule has 0 saturated carbocycles. The number of rotatable bonds is 9. The van der Waals surface area contributed by atoms with Gasteiger partial charge in [0.1, 0.15) is 5.76 Å². The minimum atomic E-state index is -3.18. The number of halogens is 1. The third-order valence-electron chi connectivity index (χ3n) is 2.58. The van der Waals surface area contributed by atoms with Crippen LogP contribution in [0.5, 0.6) is 0 Å². The Morgan fingerprint density at radius 1 is 1.44 bits per heavy atom. The lowest BCUT2D eigenvalue weighted by Gasteiger charge is -2.13. The molecule has 1 heterocycles. The fourth-order valence-electron chi connectivity index (χ4n) is 1.62. The number of furan rings is 1. The van der Waals surface area contributed by atoms with Crippen molar-refractivity contribution in [3.8, 4) is 0 Å². The normalized spacial score (nSPS) is 13.7. The Hall–Kier alpha value is -0.520. The Morgan fingerprint density at radius 3 is 2.83 bits per heavy atom. The molecule has 1 aromatic rings. The van der Waals surface area contributed by atoms with Crippen LogP contribution in [-0.2, 0) is 16.4 Å². The molecule has 1 N–H and O–H groups in total. The van der Waals surface area contributed by atoms with Crippen LogP contribution in [0.3, 0.4) is 0 Å². The number of alkyl halides is 1. The van der Waals surface area contributed by atoms with Gasteiger partial charge < -0.3 is 4.42 Å². The zero-order valence-corrected chi connectivity index (χ0v) is 12.1. The molecule has 1 unspecified atom stereocenters. The largest absolute Gasteiger partial charge is 0.469 e. The zero-order chi connectivity index (χ0) is 13.4. The highest BCUT2D eigenvalue weighted by molar-refractivity contribution is 7.89. The van der Waals surface area contributed by atoms with Gasteiger partial charge >= 0.3 is 0 Å². The molecule has 0 bridgehead atoms. The molecule has 0 radical (unpaired) electrons. The Balaban J connectivity index is 2.27. The lowest BCUT2D eigenvalue weighted by atomic mass is 10.2. The van der Waals surface area contributed by atoms with Gasteiger partial charge in [-0.25, -0.2) is 13.1 Å². The van der Waals surface area contributed by atoms with E-state index >= 15 is 0 Å². The maximum Gasteiger partial charge on any atom is 0.211 e. The predicted molar refractivity (Wildman–Crippen MR) is 73.4 cm³/mol. The maximum atomic E-state index is 11.7. The second-order valence-corrected chi connectivity index (χ2v) is 6.60. The first-order chi connectivity index (χ1) is 8.53. The third kappa shape index (κ3) is 6.42. The van der Waals surface area contributed by atoms with Crippen LogP contribution in [0.4, 0.5) is 0 Å². The monoisotopic (exact) mass is 293 g/mol. The number of unbranched alkanes of at least 4 members (excludes halogenated alkanes) is 1. The fraction of sp³-hybridized carbons (Fsp3) is 0.667. The molecule has 0 saturated heterocycles. The van der Waals surface area contributed by atoms with Crippen LogP contribution in [0.15, 0.2) is 22.8 Å². The predicted octanol–water partition coefficient (Wildman–Crippen LogP) is 2.54. The molecular weight excluding hydrogens is 274 g/mol. The van der Waals surface area contributed by atoms with Crippen molar-refractivity contribution in [3.63, 3.8) is 0 Å². The lowest BCUT2D eigenvalue weighted by Crippen LogP contribution is -2.34. The van der Waals surface area contributed by atoms with Gasteiger partial charge in [-0.05, 0) is 38.3 Å². The summed E-state index contributed by atoms with van der Waals surface area (Å²) in [6.07, 6.45) is 4.41. The van der Waals surface area contributed by atoms with Crippen molar-refractivity contribution in [2.45, 2.75) is 38.6 Å². The second-order valence-electron chi connectivity index (χ2n) is 4.35. The SMILES string of the molecule is CC(CCc1ccco1)NS(=O)(=O)CCCCCl. The highest BCUT2D eigenvalue weighted by atomic mass is 35.5. The number of aryl methyl sites for hydroxylation is 1. The van der Waals surface area contributed by atoms with Crippen molar-refractivity contribution in [1.29, 1.82) is 0 Å². The first-order valence-electron chi connectivity index (χ1n) is 6.12. The van der Waals surface area contributed by atoms with Crippen molar-refractivity contribution in [1.82, 2.24) is 4.72 Å². The number of nitrogens with one attached hydrogen (secondary N) is 1. The van der Waals surface area contributed by atoms with E-state index in [4.69, 9.17) is 16.0 Å². The maximum absolute atomic E-state index is 11.7. The second kappa shape index (κ2) is 7.81. The fourth-order valence-corrected chi connectivity index (χ4v) is 3.25. The van der Waals surface area contributed by atoms with Gasteiger partial charge in [-0.2, -0.15) is 0 Å². The van der Waals surface area contributed by atoms with Crippen molar-refractivity contribution < 1.29 is 12.8 Å². The van der Waals surface area contributed by atoms with Gasteiger partial charge in [0.15, 0.2) is 0 Å². The van der Waals surface area contributed by atoms with E-state index in [0.717, 1.165) is 25.0 Å². The van der Waals surface area contributed by atoms with Crippen LogP contribution in [-0.4, -0.2) is 26.1 Å². The molecule has 1 atom stereocenters.